The van der Waals surface area contributed by atoms with Crippen LogP contribution < -0.4 is 5.73 Å². The minimum Gasteiger partial charge on any atom is -0.369 e. The van der Waals surface area contributed by atoms with Crippen molar-refractivity contribution in [2.45, 2.75) is 13.8 Å². The van der Waals surface area contributed by atoms with Crippen molar-refractivity contribution in [1.29, 1.82) is 0 Å². The summed E-state index contributed by atoms with van der Waals surface area (Å²) in [4.78, 5) is 11.2. The first kappa shape index (κ1) is 7.59. The van der Waals surface area contributed by atoms with E-state index in [2.05, 4.69) is 19.1 Å². The lowest BCUT2D eigenvalue weighted by atomic mass is 10.0. The van der Waals surface area contributed by atoms with Gasteiger partial charge in [-0.3, -0.25) is 4.79 Å². The second kappa shape index (κ2) is 2.00. The minimum atomic E-state index is -0.298. The van der Waals surface area contributed by atoms with Crippen molar-refractivity contribution in [3.63, 3.8) is 0 Å². The Labute approximate surface area is 72.1 Å². The summed E-state index contributed by atoms with van der Waals surface area (Å²) >= 11 is 0. The largest absolute Gasteiger partial charge is 0.369 e. The van der Waals surface area contributed by atoms with E-state index in [4.69, 9.17) is 5.73 Å². The highest BCUT2D eigenvalue weighted by Gasteiger charge is 2.64. The van der Waals surface area contributed by atoms with Gasteiger partial charge in [0.15, 0.2) is 0 Å². The molecule has 2 N–H and O–H groups in total. The number of amides is 1. The Balaban J connectivity index is 2.34. The normalized spacial score (nSPS) is 43.3. The molecule has 0 aromatic carbocycles. The molecule has 1 fully saturated rings. The van der Waals surface area contributed by atoms with Crippen molar-refractivity contribution in [3.05, 3.63) is 23.8 Å². The molecule has 2 rings (SSSR count). The summed E-state index contributed by atoms with van der Waals surface area (Å²) < 4.78 is 0. The molecule has 12 heavy (non-hydrogen) atoms. The Morgan fingerprint density at radius 1 is 1.67 bits per heavy atom. The molecule has 0 aromatic heterocycles. The summed E-state index contributed by atoms with van der Waals surface area (Å²) in [6.45, 7) is 4.02. The van der Waals surface area contributed by atoms with E-state index in [1.807, 2.05) is 13.0 Å². The molecule has 3 atom stereocenters. The minimum absolute atomic E-state index is 0.170. The smallest absolute Gasteiger partial charge is 0.224 e. The summed E-state index contributed by atoms with van der Waals surface area (Å²) in [5, 5.41) is 0. The van der Waals surface area contributed by atoms with E-state index < -0.39 is 0 Å². The summed E-state index contributed by atoms with van der Waals surface area (Å²) in [6, 6.07) is 0. The average Bonchev–Trinajstić information content (AvgIpc) is 2.61. The molecular formula is C10H13NO. The lowest BCUT2D eigenvalue weighted by molar-refractivity contribution is -0.123. The van der Waals surface area contributed by atoms with Crippen LogP contribution in [0.2, 0.25) is 0 Å². The van der Waals surface area contributed by atoms with Crippen molar-refractivity contribution >= 4 is 5.91 Å². The van der Waals surface area contributed by atoms with Gasteiger partial charge in [0, 0.05) is 5.92 Å². The molecule has 2 heteroatoms. The number of carbonyl (C=O) groups is 1. The van der Waals surface area contributed by atoms with Gasteiger partial charge in [0.25, 0.3) is 0 Å². The number of allylic oxidation sites excluding steroid dienone is 4. The fraction of sp³-hybridized carbons (Fsp3) is 0.500. The van der Waals surface area contributed by atoms with Crippen LogP contribution in [0.1, 0.15) is 13.8 Å². The van der Waals surface area contributed by atoms with E-state index in [1.165, 1.54) is 5.57 Å². The number of carbonyl (C=O) groups excluding carboxylic acids is 1. The van der Waals surface area contributed by atoms with Gasteiger partial charge in [0.05, 0.1) is 5.41 Å². The summed E-state index contributed by atoms with van der Waals surface area (Å²) in [7, 11) is 0. The lowest BCUT2D eigenvalue weighted by Crippen LogP contribution is -2.24. The Morgan fingerprint density at radius 3 is 2.83 bits per heavy atom. The van der Waals surface area contributed by atoms with E-state index >= 15 is 0 Å². The highest BCUT2D eigenvalue weighted by Crippen LogP contribution is 2.63. The van der Waals surface area contributed by atoms with Gasteiger partial charge in [-0.15, -0.1) is 0 Å². The molecule has 64 valence electrons. The predicted octanol–water partition coefficient (Wildman–Crippen LogP) is 1.24. The fourth-order valence-corrected chi connectivity index (χ4v) is 2.36. The van der Waals surface area contributed by atoms with Crippen LogP contribution in [0.25, 0.3) is 0 Å². The topological polar surface area (TPSA) is 43.1 Å². The van der Waals surface area contributed by atoms with Crippen molar-refractivity contribution < 1.29 is 4.79 Å². The third-order valence-corrected chi connectivity index (χ3v) is 3.29. The molecule has 0 radical (unpaired) electrons. The van der Waals surface area contributed by atoms with Gasteiger partial charge >= 0.3 is 0 Å². The number of hydrogen-bond acceptors (Lipinski definition) is 1. The fourth-order valence-electron chi connectivity index (χ4n) is 2.36. The Morgan fingerprint density at radius 2 is 2.33 bits per heavy atom. The van der Waals surface area contributed by atoms with Crippen LogP contribution in [-0.4, -0.2) is 5.91 Å². The van der Waals surface area contributed by atoms with Gasteiger partial charge in [-0.05, 0) is 19.8 Å². The van der Waals surface area contributed by atoms with Crippen LogP contribution in [0.5, 0.6) is 0 Å². The van der Waals surface area contributed by atoms with Gasteiger partial charge in [-0.2, -0.15) is 0 Å². The molecule has 0 aliphatic heterocycles. The van der Waals surface area contributed by atoms with E-state index in [-0.39, 0.29) is 11.3 Å². The number of hydrogen-bond donors (Lipinski definition) is 1. The number of primary amides is 1. The standard InChI is InChI=1S/C10H13NO/c1-6-4-3-5-7-8(6)10(7,2)9(11)12/h3-5,7-8H,1-2H3,(H2,11,12)/t7-,8+,10+/m1/s1. The second-order valence-corrected chi connectivity index (χ2v) is 3.95. The molecule has 2 aliphatic carbocycles. The van der Waals surface area contributed by atoms with Gasteiger partial charge in [0.2, 0.25) is 5.91 Å². The lowest BCUT2D eigenvalue weighted by Gasteiger charge is -2.04. The van der Waals surface area contributed by atoms with Gasteiger partial charge in [-0.1, -0.05) is 23.8 Å². The number of rotatable bonds is 1. The average molecular weight is 163 g/mol. The maximum absolute atomic E-state index is 11.2. The monoisotopic (exact) mass is 163 g/mol. The molecule has 2 aliphatic rings. The van der Waals surface area contributed by atoms with Crippen LogP contribution in [0, 0.1) is 17.3 Å². The van der Waals surface area contributed by atoms with Crippen LogP contribution in [0.15, 0.2) is 23.8 Å². The Kier molecular flexibility index (Phi) is 1.27. The molecule has 0 bridgehead atoms. The zero-order chi connectivity index (χ0) is 8.93. The first-order chi connectivity index (χ1) is 5.58. The number of nitrogens with two attached hydrogens (primary N) is 1. The summed E-state index contributed by atoms with van der Waals surface area (Å²) in [5.41, 5.74) is 6.34. The van der Waals surface area contributed by atoms with Crippen LogP contribution >= 0.6 is 0 Å². The van der Waals surface area contributed by atoms with Crippen molar-refractivity contribution in [1.82, 2.24) is 0 Å². The molecule has 0 heterocycles. The predicted molar refractivity (Wildman–Crippen MR) is 47.2 cm³/mol. The molecule has 0 saturated heterocycles. The zero-order valence-electron chi connectivity index (χ0n) is 7.37. The molecule has 0 unspecified atom stereocenters. The van der Waals surface area contributed by atoms with E-state index in [1.54, 1.807) is 0 Å². The zero-order valence-corrected chi connectivity index (χ0v) is 7.37. The molecule has 1 amide bonds. The van der Waals surface area contributed by atoms with Gasteiger partial charge in [0.1, 0.15) is 0 Å². The maximum Gasteiger partial charge on any atom is 0.224 e. The third-order valence-electron chi connectivity index (χ3n) is 3.29. The summed E-state index contributed by atoms with van der Waals surface area (Å²) in [6.07, 6.45) is 6.17. The second-order valence-electron chi connectivity index (χ2n) is 3.95. The van der Waals surface area contributed by atoms with Crippen molar-refractivity contribution in [3.8, 4) is 0 Å². The van der Waals surface area contributed by atoms with E-state index in [9.17, 15) is 4.79 Å². The van der Waals surface area contributed by atoms with Crippen LogP contribution in [0.3, 0.4) is 0 Å². The molecule has 0 spiro atoms. The van der Waals surface area contributed by atoms with Crippen LogP contribution in [-0.2, 0) is 4.79 Å². The molecule has 2 nitrogen and oxygen atoms in total. The van der Waals surface area contributed by atoms with Crippen LogP contribution in [0.4, 0.5) is 0 Å². The molecule has 1 saturated carbocycles. The number of fused-ring (bicyclic) bond motifs is 1. The quantitative estimate of drug-likeness (QED) is 0.621. The third kappa shape index (κ3) is 0.675. The molecule has 0 aromatic rings. The van der Waals surface area contributed by atoms with E-state index in [0.717, 1.165) is 0 Å². The Hall–Kier alpha value is -1.05. The van der Waals surface area contributed by atoms with Gasteiger partial charge < -0.3 is 5.73 Å². The molecular weight excluding hydrogens is 150 g/mol. The SMILES string of the molecule is CC1=CC=C[C@@H]2[C@H]1[C@@]2(C)C(N)=O. The maximum atomic E-state index is 11.2. The Bertz CT molecular complexity index is 303. The van der Waals surface area contributed by atoms with E-state index in [0.29, 0.717) is 11.8 Å². The highest BCUT2D eigenvalue weighted by molar-refractivity contribution is 5.86. The van der Waals surface area contributed by atoms with Crippen molar-refractivity contribution in [2.75, 3.05) is 0 Å². The van der Waals surface area contributed by atoms with Crippen molar-refractivity contribution in [2.24, 2.45) is 23.0 Å². The highest BCUT2D eigenvalue weighted by atomic mass is 16.1. The summed E-state index contributed by atoms with van der Waals surface area (Å²) in [5.74, 6) is 0.566. The van der Waals surface area contributed by atoms with Gasteiger partial charge in [-0.25, -0.2) is 0 Å². The first-order valence-corrected chi connectivity index (χ1v) is 4.23. The first-order valence-electron chi connectivity index (χ1n) is 4.23.